The Hall–Kier alpha value is -0.660. The van der Waals surface area contributed by atoms with Crippen LogP contribution in [0.5, 0.6) is 0 Å². The van der Waals surface area contributed by atoms with E-state index in [1.54, 1.807) is 0 Å². The minimum atomic E-state index is -2.56. The van der Waals surface area contributed by atoms with E-state index in [-0.39, 0.29) is 18.7 Å². The van der Waals surface area contributed by atoms with E-state index in [1.165, 1.54) is 0 Å². The van der Waals surface area contributed by atoms with Gasteiger partial charge in [-0.2, -0.15) is 0 Å². The molecule has 6 nitrogen and oxygen atoms in total. The molecule has 0 aliphatic heterocycles. The molecule has 0 fully saturated rings. The highest BCUT2D eigenvalue weighted by Gasteiger charge is 2.63. The topological polar surface area (TPSA) is 118 Å². The average molecular weight is 393 g/mol. The Morgan fingerprint density at radius 2 is 1.58 bits per heavy atom. The molecule has 0 saturated carbocycles. The first-order valence-corrected chi connectivity index (χ1v) is 9.43. The molecule has 0 heterocycles. The Kier molecular flexibility index (Phi) is 6.65. The average Bonchev–Trinajstić information content (AvgIpc) is 2.32. The fourth-order valence-corrected chi connectivity index (χ4v) is 4.76. The Morgan fingerprint density at radius 1 is 1.08 bits per heavy atom. The van der Waals surface area contributed by atoms with E-state index >= 15 is 0 Å². The largest absolute Gasteiger partial charge is 0.481 e. The number of alkyl halides is 1. The normalized spacial score (nSPS) is 26.1. The molecule has 2 unspecified atom stereocenters. The van der Waals surface area contributed by atoms with Crippen LogP contribution < -0.4 is 0 Å². The van der Waals surface area contributed by atoms with Gasteiger partial charge in [0.25, 0.3) is 0 Å². The molecular formula is C19H33ClO6. The summed E-state index contributed by atoms with van der Waals surface area (Å²) in [4.78, 5) is 11.0. The fraction of sp³-hybridized carbons (Fsp3) is 0.842. The van der Waals surface area contributed by atoms with Crippen molar-refractivity contribution in [2.45, 2.75) is 72.4 Å². The molecule has 1 aliphatic rings. The second-order valence-electron chi connectivity index (χ2n) is 9.38. The van der Waals surface area contributed by atoms with Crippen molar-refractivity contribution < 1.29 is 30.3 Å². The number of aliphatic hydroxyl groups is 4. The van der Waals surface area contributed by atoms with E-state index in [9.17, 15) is 25.2 Å². The molecule has 152 valence electrons. The molecule has 1 aliphatic carbocycles. The van der Waals surface area contributed by atoms with Crippen molar-refractivity contribution in [3.05, 3.63) is 11.1 Å². The summed E-state index contributed by atoms with van der Waals surface area (Å²) < 4.78 is 0. The van der Waals surface area contributed by atoms with E-state index in [0.29, 0.717) is 11.1 Å². The fourth-order valence-electron chi connectivity index (χ4n) is 4.55. The minimum absolute atomic E-state index is 0.188. The molecule has 0 aromatic rings. The number of halogens is 1. The van der Waals surface area contributed by atoms with E-state index in [1.807, 2.05) is 41.5 Å². The van der Waals surface area contributed by atoms with E-state index in [0.717, 1.165) is 0 Å². The first-order valence-electron chi connectivity index (χ1n) is 8.90. The van der Waals surface area contributed by atoms with Crippen LogP contribution in [0.25, 0.3) is 0 Å². The van der Waals surface area contributed by atoms with Gasteiger partial charge in [-0.3, -0.25) is 4.79 Å². The Bertz CT molecular complexity index is 566. The molecule has 5 N–H and O–H groups in total. The van der Waals surface area contributed by atoms with E-state index in [2.05, 4.69) is 0 Å². The van der Waals surface area contributed by atoms with Crippen molar-refractivity contribution >= 4 is 17.6 Å². The van der Waals surface area contributed by atoms with Gasteiger partial charge in [0.05, 0.1) is 5.92 Å². The number of rotatable bonds is 5. The van der Waals surface area contributed by atoms with Crippen molar-refractivity contribution in [2.24, 2.45) is 22.7 Å². The summed E-state index contributed by atoms with van der Waals surface area (Å²) in [7, 11) is 0. The van der Waals surface area contributed by atoms with Gasteiger partial charge in [0.1, 0.15) is 0 Å². The molecule has 26 heavy (non-hydrogen) atoms. The van der Waals surface area contributed by atoms with Crippen LogP contribution in [0, 0.1) is 22.7 Å². The molecule has 1 rings (SSSR count). The molecule has 0 spiro atoms. The van der Waals surface area contributed by atoms with Crippen LogP contribution in [0.4, 0.5) is 0 Å². The number of aliphatic carboxylic acids is 1. The highest BCUT2D eigenvalue weighted by atomic mass is 35.5. The lowest BCUT2D eigenvalue weighted by Crippen LogP contribution is -2.64. The van der Waals surface area contributed by atoms with Gasteiger partial charge in [-0.1, -0.05) is 47.1 Å². The molecule has 0 bridgehead atoms. The van der Waals surface area contributed by atoms with Gasteiger partial charge in [0.2, 0.25) is 0 Å². The maximum atomic E-state index is 11.0. The van der Waals surface area contributed by atoms with Crippen molar-refractivity contribution in [3.63, 3.8) is 0 Å². The van der Waals surface area contributed by atoms with Crippen LogP contribution in [-0.4, -0.2) is 49.0 Å². The van der Waals surface area contributed by atoms with Gasteiger partial charge >= 0.3 is 5.97 Å². The summed E-state index contributed by atoms with van der Waals surface area (Å²) in [6, 6.07) is 0. The number of carboxylic acid groups (broad SMARTS) is 1. The molecular weight excluding hydrogens is 360 g/mol. The van der Waals surface area contributed by atoms with Crippen LogP contribution in [-0.2, 0) is 4.79 Å². The third-order valence-corrected chi connectivity index (χ3v) is 5.28. The summed E-state index contributed by atoms with van der Waals surface area (Å²) in [6.45, 7) is 10.9. The standard InChI is InChI=1S/C19H33ClO6/c1-16(2,3)14-11(9-10-20)15(17(4,5)6)19(25,26)12(18(14,23)24)7-8-13(21)22/h12,14,23-26H,7-10H2,1-6H3,(H,21,22). The highest BCUT2D eigenvalue weighted by molar-refractivity contribution is 6.18. The van der Waals surface area contributed by atoms with Gasteiger partial charge in [-0.05, 0) is 29.2 Å². The molecule has 2 atom stereocenters. The van der Waals surface area contributed by atoms with Crippen molar-refractivity contribution in [1.82, 2.24) is 0 Å². The summed E-state index contributed by atoms with van der Waals surface area (Å²) in [5.41, 5.74) is -0.507. The second-order valence-corrected chi connectivity index (χ2v) is 9.76. The number of hydrogen-bond acceptors (Lipinski definition) is 5. The SMILES string of the molecule is CC(C)(C)C1=C(CCCl)C(C(C)(C)C)C(O)(O)C(CCC(=O)O)C1(O)O. The van der Waals surface area contributed by atoms with Gasteiger partial charge in [0, 0.05) is 18.2 Å². The first-order chi connectivity index (χ1) is 11.5. The first kappa shape index (κ1) is 23.4. The van der Waals surface area contributed by atoms with Crippen LogP contribution in [0.1, 0.15) is 60.8 Å². The lowest BCUT2D eigenvalue weighted by atomic mass is 9.56. The zero-order chi connectivity index (χ0) is 20.7. The van der Waals surface area contributed by atoms with Gasteiger partial charge in [0.15, 0.2) is 11.6 Å². The Labute approximate surface area is 160 Å². The zero-order valence-corrected chi connectivity index (χ0v) is 17.3. The maximum Gasteiger partial charge on any atom is 0.303 e. The van der Waals surface area contributed by atoms with Gasteiger partial charge in [-0.25, -0.2) is 0 Å². The number of carbonyl (C=O) groups is 1. The minimum Gasteiger partial charge on any atom is -0.481 e. The smallest absolute Gasteiger partial charge is 0.303 e. The van der Waals surface area contributed by atoms with Crippen molar-refractivity contribution in [1.29, 1.82) is 0 Å². The third-order valence-electron chi connectivity index (χ3n) is 5.09. The molecule has 0 aromatic carbocycles. The summed E-state index contributed by atoms with van der Waals surface area (Å²) in [6.07, 6.45) is -0.418. The van der Waals surface area contributed by atoms with Crippen molar-refractivity contribution in [3.8, 4) is 0 Å². The predicted octanol–water partition coefficient (Wildman–Crippen LogP) is 2.48. The second kappa shape index (κ2) is 7.40. The third kappa shape index (κ3) is 4.42. The van der Waals surface area contributed by atoms with E-state index in [4.69, 9.17) is 16.7 Å². The molecule has 7 heteroatoms. The molecule has 0 aromatic heterocycles. The lowest BCUT2D eigenvalue weighted by molar-refractivity contribution is -0.327. The lowest BCUT2D eigenvalue weighted by Gasteiger charge is -2.56. The molecule has 0 radical (unpaired) electrons. The number of carboxylic acids is 1. The number of hydrogen-bond donors (Lipinski definition) is 5. The van der Waals surface area contributed by atoms with E-state index < -0.39 is 46.6 Å². The monoisotopic (exact) mass is 392 g/mol. The van der Waals surface area contributed by atoms with Crippen LogP contribution in [0.2, 0.25) is 0 Å². The van der Waals surface area contributed by atoms with Crippen LogP contribution in [0.15, 0.2) is 11.1 Å². The molecule has 0 saturated heterocycles. The quantitative estimate of drug-likeness (QED) is 0.278. The van der Waals surface area contributed by atoms with Crippen LogP contribution in [0.3, 0.4) is 0 Å². The summed E-state index contributed by atoms with van der Waals surface area (Å²) >= 11 is 5.95. The van der Waals surface area contributed by atoms with Gasteiger partial charge < -0.3 is 25.5 Å². The van der Waals surface area contributed by atoms with Gasteiger partial charge in [-0.15, -0.1) is 11.6 Å². The predicted molar refractivity (Wildman–Crippen MR) is 99.5 cm³/mol. The maximum absolute atomic E-state index is 11.0. The Balaban J connectivity index is 3.79. The van der Waals surface area contributed by atoms with Crippen molar-refractivity contribution in [2.75, 3.05) is 5.88 Å². The summed E-state index contributed by atoms with van der Waals surface area (Å²) in [5.74, 6) is -8.30. The zero-order valence-electron chi connectivity index (χ0n) is 16.5. The molecule has 0 amide bonds. The highest BCUT2D eigenvalue weighted by Crippen LogP contribution is 2.57. The Morgan fingerprint density at radius 3 is 1.92 bits per heavy atom. The van der Waals surface area contributed by atoms with Crippen LogP contribution >= 0.6 is 11.6 Å². The summed E-state index contributed by atoms with van der Waals surface area (Å²) in [5, 5.41) is 53.1.